The van der Waals surface area contributed by atoms with Gasteiger partial charge in [0.15, 0.2) is 0 Å². The van der Waals surface area contributed by atoms with Crippen molar-refractivity contribution in [3.63, 3.8) is 0 Å². The maximum Gasteiger partial charge on any atom is 0.319 e. The molecule has 0 aromatic heterocycles. The van der Waals surface area contributed by atoms with Gasteiger partial charge in [0.2, 0.25) is 5.91 Å². The molecule has 6 heteroatoms. The fourth-order valence-electron chi connectivity index (χ4n) is 1.67. The maximum absolute atomic E-state index is 12.0. The Morgan fingerprint density at radius 3 is 2.50 bits per heavy atom. The molecule has 0 aliphatic heterocycles. The van der Waals surface area contributed by atoms with Crippen molar-refractivity contribution in [2.75, 3.05) is 39.2 Å². The first-order valence-corrected chi connectivity index (χ1v) is 6.32. The van der Waals surface area contributed by atoms with Crippen LogP contribution in [-0.4, -0.2) is 50.6 Å². The van der Waals surface area contributed by atoms with Crippen molar-refractivity contribution < 1.29 is 19.1 Å². The molecule has 0 radical (unpaired) electrons. The van der Waals surface area contributed by atoms with Crippen LogP contribution in [-0.2, 0) is 14.3 Å². The van der Waals surface area contributed by atoms with Gasteiger partial charge < -0.3 is 14.8 Å². The summed E-state index contributed by atoms with van der Waals surface area (Å²) in [4.78, 5) is 24.9. The van der Waals surface area contributed by atoms with Crippen molar-refractivity contribution in [3.8, 4) is 5.75 Å². The van der Waals surface area contributed by atoms with E-state index in [1.165, 1.54) is 7.11 Å². The van der Waals surface area contributed by atoms with Crippen molar-refractivity contribution in [1.82, 2.24) is 4.90 Å². The van der Waals surface area contributed by atoms with E-state index in [9.17, 15) is 9.59 Å². The molecule has 1 rings (SSSR count). The van der Waals surface area contributed by atoms with Gasteiger partial charge in [-0.25, -0.2) is 0 Å². The summed E-state index contributed by atoms with van der Waals surface area (Å²) >= 11 is 0. The zero-order chi connectivity index (χ0) is 15.0. The molecule has 0 saturated carbocycles. The normalized spacial score (nSPS) is 10.2. The molecular formula is C14H20N2O4. The van der Waals surface area contributed by atoms with Gasteiger partial charge in [0.25, 0.3) is 0 Å². The quantitative estimate of drug-likeness (QED) is 0.758. The lowest BCUT2D eigenvalue weighted by atomic mass is 10.3. The first-order chi connectivity index (χ1) is 9.60. The van der Waals surface area contributed by atoms with Gasteiger partial charge in [0, 0.05) is 0 Å². The number of likely N-dealkylation sites (N-methyl/N-ethyl adjacent to an activating group) is 1. The highest BCUT2D eigenvalue weighted by Gasteiger charge is 2.14. The Balaban J connectivity index is 2.59. The van der Waals surface area contributed by atoms with Crippen molar-refractivity contribution in [3.05, 3.63) is 24.3 Å². The minimum absolute atomic E-state index is 0.0896. The standard InChI is InChI=1S/C14H20N2O4/c1-4-16(10-14(18)20-3)9-13(17)15-11-7-5-6-8-12(11)19-2/h5-8H,4,9-10H2,1-3H3,(H,15,17). The summed E-state index contributed by atoms with van der Waals surface area (Å²) in [6.07, 6.45) is 0. The molecule has 0 spiro atoms. The van der Waals surface area contributed by atoms with Crippen LogP contribution >= 0.6 is 0 Å². The molecule has 110 valence electrons. The molecule has 0 fully saturated rings. The summed E-state index contributed by atoms with van der Waals surface area (Å²) in [5, 5.41) is 2.76. The fraction of sp³-hybridized carbons (Fsp3) is 0.429. The second-order valence-corrected chi connectivity index (χ2v) is 4.13. The molecule has 6 nitrogen and oxygen atoms in total. The molecule has 20 heavy (non-hydrogen) atoms. The van der Waals surface area contributed by atoms with Crippen LogP contribution in [0.2, 0.25) is 0 Å². The largest absolute Gasteiger partial charge is 0.495 e. The Bertz CT molecular complexity index is 462. The molecule has 0 heterocycles. The number of amides is 1. The molecular weight excluding hydrogens is 260 g/mol. The number of carbonyl (C=O) groups excluding carboxylic acids is 2. The Morgan fingerprint density at radius 2 is 1.90 bits per heavy atom. The van der Waals surface area contributed by atoms with E-state index in [2.05, 4.69) is 10.1 Å². The SMILES string of the molecule is CCN(CC(=O)Nc1ccccc1OC)CC(=O)OC. The molecule has 1 amide bonds. The van der Waals surface area contributed by atoms with Crippen LogP contribution in [0.5, 0.6) is 5.75 Å². The van der Waals surface area contributed by atoms with Crippen LogP contribution in [0.4, 0.5) is 5.69 Å². The lowest BCUT2D eigenvalue weighted by molar-refractivity contribution is -0.142. The van der Waals surface area contributed by atoms with Crippen LogP contribution in [0.3, 0.4) is 0 Å². The van der Waals surface area contributed by atoms with Gasteiger partial charge in [0.1, 0.15) is 5.75 Å². The molecule has 0 aliphatic rings. The predicted octanol–water partition coefficient (Wildman–Crippen LogP) is 1.13. The molecule has 0 aliphatic carbocycles. The van der Waals surface area contributed by atoms with Crippen molar-refractivity contribution in [2.24, 2.45) is 0 Å². The molecule has 0 saturated heterocycles. The van der Waals surface area contributed by atoms with Gasteiger partial charge in [-0.3, -0.25) is 14.5 Å². The number of carbonyl (C=O) groups is 2. The fourth-order valence-corrected chi connectivity index (χ4v) is 1.67. The van der Waals surface area contributed by atoms with Gasteiger partial charge in [-0.15, -0.1) is 0 Å². The molecule has 0 atom stereocenters. The first-order valence-electron chi connectivity index (χ1n) is 6.32. The average Bonchev–Trinajstić information content (AvgIpc) is 2.46. The van der Waals surface area contributed by atoms with Gasteiger partial charge in [0.05, 0.1) is 33.0 Å². The van der Waals surface area contributed by atoms with E-state index in [-0.39, 0.29) is 25.0 Å². The van der Waals surface area contributed by atoms with Crippen LogP contribution < -0.4 is 10.1 Å². The van der Waals surface area contributed by atoms with E-state index in [0.29, 0.717) is 18.0 Å². The number of nitrogens with zero attached hydrogens (tertiary/aromatic N) is 1. The number of para-hydroxylation sites is 2. The van der Waals surface area contributed by atoms with E-state index in [1.807, 2.05) is 19.1 Å². The monoisotopic (exact) mass is 280 g/mol. The van der Waals surface area contributed by atoms with Gasteiger partial charge in [-0.1, -0.05) is 19.1 Å². The number of hydrogen-bond acceptors (Lipinski definition) is 5. The van der Waals surface area contributed by atoms with E-state index in [1.54, 1.807) is 24.1 Å². The van der Waals surface area contributed by atoms with Crippen LogP contribution in [0.15, 0.2) is 24.3 Å². The second kappa shape index (κ2) is 8.16. The Labute approximate surface area is 118 Å². The van der Waals surface area contributed by atoms with Crippen molar-refractivity contribution in [2.45, 2.75) is 6.92 Å². The Kier molecular flexibility index (Phi) is 6.52. The number of benzene rings is 1. The highest BCUT2D eigenvalue weighted by atomic mass is 16.5. The summed E-state index contributed by atoms with van der Waals surface area (Å²) in [6.45, 7) is 2.66. The van der Waals surface area contributed by atoms with E-state index in [0.717, 1.165) is 0 Å². The first kappa shape index (κ1) is 16.0. The summed E-state index contributed by atoms with van der Waals surface area (Å²) in [6, 6.07) is 7.16. The number of anilines is 1. The topological polar surface area (TPSA) is 67.9 Å². The summed E-state index contributed by atoms with van der Waals surface area (Å²) < 4.78 is 9.74. The highest BCUT2D eigenvalue weighted by Crippen LogP contribution is 2.22. The van der Waals surface area contributed by atoms with Crippen molar-refractivity contribution in [1.29, 1.82) is 0 Å². The lowest BCUT2D eigenvalue weighted by Crippen LogP contribution is -2.37. The lowest BCUT2D eigenvalue weighted by Gasteiger charge is -2.18. The van der Waals surface area contributed by atoms with Gasteiger partial charge in [-0.05, 0) is 18.7 Å². The number of methoxy groups -OCH3 is 2. The van der Waals surface area contributed by atoms with Crippen molar-refractivity contribution >= 4 is 17.6 Å². The molecule has 1 N–H and O–H groups in total. The molecule has 0 bridgehead atoms. The Morgan fingerprint density at radius 1 is 1.20 bits per heavy atom. The third-order valence-electron chi connectivity index (χ3n) is 2.78. The predicted molar refractivity (Wildman–Crippen MR) is 75.8 cm³/mol. The smallest absolute Gasteiger partial charge is 0.319 e. The molecule has 0 unspecified atom stereocenters. The average molecular weight is 280 g/mol. The zero-order valence-corrected chi connectivity index (χ0v) is 12.0. The second-order valence-electron chi connectivity index (χ2n) is 4.13. The minimum atomic E-state index is -0.364. The molecule has 1 aromatic carbocycles. The van der Waals surface area contributed by atoms with Gasteiger partial charge >= 0.3 is 5.97 Å². The number of hydrogen-bond donors (Lipinski definition) is 1. The van der Waals surface area contributed by atoms with Crippen LogP contribution in [0.25, 0.3) is 0 Å². The summed E-state index contributed by atoms with van der Waals surface area (Å²) in [5.41, 5.74) is 0.606. The van der Waals surface area contributed by atoms with Crippen LogP contribution in [0, 0.1) is 0 Å². The van der Waals surface area contributed by atoms with E-state index < -0.39 is 0 Å². The minimum Gasteiger partial charge on any atom is -0.495 e. The zero-order valence-electron chi connectivity index (χ0n) is 12.0. The van der Waals surface area contributed by atoms with Gasteiger partial charge in [-0.2, -0.15) is 0 Å². The summed E-state index contributed by atoms with van der Waals surface area (Å²) in [7, 11) is 2.87. The number of nitrogens with one attached hydrogen (secondary N) is 1. The Hall–Kier alpha value is -2.08. The number of ether oxygens (including phenoxy) is 2. The number of esters is 1. The van der Waals surface area contributed by atoms with Crippen LogP contribution in [0.1, 0.15) is 6.92 Å². The highest BCUT2D eigenvalue weighted by molar-refractivity contribution is 5.93. The number of rotatable bonds is 7. The van der Waals surface area contributed by atoms with E-state index in [4.69, 9.17) is 4.74 Å². The third kappa shape index (κ3) is 4.89. The summed E-state index contributed by atoms with van der Waals surface area (Å²) in [5.74, 6) is 0.0223. The third-order valence-corrected chi connectivity index (χ3v) is 2.78. The van der Waals surface area contributed by atoms with E-state index >= 15 is 0 Å². The maximum atomic E-state index is 12.0. The molecule has 1 aromatic rings.